The molecule has 2 rings (SSSR count). The maximum absolute atomic E-state index is 11.1. The van der Waals surface area contributed by atoms with E-state index in [4.69, 9.17) is 5.11 Å². The van der Waals surface area contributed by atoms with Gasteiger partial charge in [-0.2, -0.15) is 0 Å². The molecule has 0 radical (unpaired) electrons. The molecule has 1 atom stereocenters. The van der Waals surface area contributed by atoms with Crippen molar-refractivity contribution in [1.29, 1.82) is 0 Å². The van der Waals surface area contributed by atoms with E-state index in [1.165, 1.54) is 0 Å². The molecule has 0 bridgehead atoms. The number of aromatic nitrogens is 1. The number of nitrogens with zero attached hydrogens (tertiary/aromatic N) is 1. The third-order valence-electron chi connectivity index (χ3n) is 3.37. The Bertz CT molecular complexity index is 624. The lowest BCUT2D eigenvalue weighted by atomic mass is 10.0. The Kier molecular flexibility index (Phi) is 4.03. The van der Waals surface area contributed by atoms with E-state index < -0.39 is 12.0 Å². The molecule has 0 saturated carbocycles. The van der Waals surface area contributed by atoms with Crippen molar-refractivity contribution in [3.05, 3.63) is 47.7 Å². The molecule has 0 amide bonds. The Morgan fingerprint density at radius 2 is 1.90 bits per heavy atom. The summed E-state index contributed by atoms with van der Waals surface area (Å²) in [7, 11) is 0. The van der Waals surface area contributed by atoms with Gasteiger partial charge in [0.15, 0.2) is 0 Å². The van der Waals surface area contributed by atoms with Crippen LogP contribution in [0.25, 0.3) is 11.3 Å². The number of pyridine rings is 1. The van der Waals surface area contributed by atoms with Crippen molar-refractivity contribution in [3.63, 3.8) is 0 Å². The largest absolute Gasteiger partial charge is 0.480 e. The topological polar surface area (TPSA) is 62.2 Å². The van der Waals surface area contributed by atoms with Gasteiger partial charge in [0, 0.05) is 11.8 Å². The molecule has 0 saturated heterocycles. The fourth-order valence-corrected chi connectivity index (χ4v) is 1.97. The van der Waals surface area contributed by atoms with Gasteiger partial charge in [-0.05, 0) is 31.9 Å². The maximum atomic E-state index is 11.1. The van der Waals surface area contributed by atoms with Crippen molar-refractivity contribution < 1.29 is 9.90 Å². The Labute approximate surface area is 118 Å². The quantitative estimate of drug-likeness (QED) is 0.895. The third kappa shape index (κ3) is 2.79. The van der Waals surface area contributed by atoms with E-state index in [9.17, 15) is 4.79 Å². The minimum absolute atomic E-state index is 0.667. The molecule has 0 aliphatic heterocycles. The molecule has 1 heterocycles. The minimum Gasteiger partial charge on any atom is -0.480 e. The Hall–Kier alpha value is -2.36. The zero-order valence-corrected chi connectivity index (χ0v) is 11.8. The minimum atomic E-state index is -0.884. The summed E-state index contributed by atoms with van der Waals surface area (Å²) in [6, 6.07) is 9.09. The average molecular weight is 270 g/mol. The van der Waals surface area contributed by atoms with E-state index in [-0.39, 0.29) is 0 Å². The molecule has 1 aromatic carbocycles. The van der Waals surface area contributed by atoms with Gasteiger partial charge in [-0.3, -0.25) is 9.78 Å². The van der Waals surface area contributed by atoms with Gasteiger partial charge in [0.25, 0.3) is 0 Å². The molecule has 0 fully saturated rings. The first-order chi connectivity index (χ1) is 9.50. The molecule has 2 N–H and O–H groups in total. The van der Waals surface area contributed by atoms with E-state index in [1.54, 1.807) is 6.92 Å². The molecule has 104 valence electrons. The first-order valence-corrected chi connectivity index (χ1v) is 6.51. The highest BCUT2D eigenvalue weighted by atomic mass is 16.4. The van der Waals surface area contributed by atoms with Crippen LogP contribution < -0.4 is 5.32 Å². The van der Waals surface area contributed by atoms with Gasteiger partial charge in [-0.1, -0.05) is 30.3 Å². The molecular weight excluding hydrogens is 252 g/mol. The second-order valence-corrected chi connectivity index (χ2v) is 4.86. The van der Waals surface area contributed by atoms with Crippen LogP contribution >= 0.6 is 0 Å². The SMILES string of the molecule is Cc1cnc(-c2ccccc2)c(NC(C)C(=O)O)c1C. The van der Waals surface area contributed by atoms with Crippen molar-refractivity contribution >= 4 is 11.7 Å². The number of aryl methyl sites for hydroxylation is 1. The van der Waals surface area contributed by atoms with E-state index in [1.807, 2.05) is 50.4 Å². The van der Waals surface area contributed by atoms with E-state index in [0.717, 1.165) is 28.1 Å². The number of nitrogens with one attached hydrogen (secondary N) is 1. The van der Waals surface area contributed by atoms with Crippen LogP contribution in [0.4, 0.5) is 5.69 Å². The third-order valence-corrected chi connectivity index (χ3v) is 3.37. The lowest BCUT2D eigenvalue weighted by Gasteiger charge is -2.18. The second kappa shape index (κ2) is 5.74. The van der Waals surface area contributed by atoms with Crippen LogP contribution in [0, 0.1) is 13.8 Å². The summed E-state index contributed by atoms with van der Waals surface area (Å²) in [6.07, 6.45) is 1.81. The number of hydrogen-bond acceptors (Lipinski definition) is 3. The highest BCUT2D eigenvalue weighted by molar-refractivity contribution is 5.83. The molecular formula is C16H18N2O2. The zero-order chi connectivity index (χ0) is 14.7. The van der Waals surface area contributed by atoms with E-state index in [2.05, 4.69) is 10.3 Å². The van der Waals surface area contributed by atoms with Gasteiger partial charge in [-0.25, -0.2) is 0 Å². The summed E-state index contributed by atoms with van der Waals surface area (Å²) in [6.45, 7) is 5.56. The van der Waals surface area contributed by atoms with Crippen molar-refractivity contribution in [1.82, 2.24) is 4.98 Å². The zero-order valence-electron chi connectivity index (χ0n) is 11.8. The number of hydrogen-bond donors (Lipinski definition) is 2. The first-order valence-electron chi connectivity index (χ1n) is 6.51. The Morgan fingerprint density at radius 3 is 2.50 bits per heavy atom. The lowest BCUT2D eigenvalue weighted by Crippen LogP contribution is -2.26. The predicted molar refractivity (Wildman–Crippen MR) is 79.9 cm³/mol. The standard InChI is InChI=1S/C16H18N2O2/c1-10-9-17-15(13-7-5-4-6-8-13)14(11(10)2)18-12(3)16(19)20/h4-9,12,18H,1-3H3,(H,19,20). The number of aliphatic carboxylic acids is 1. The number of benzene rings is 1. The van der Waals surface area contributed by atoms with Gasteiger partial charge in [-0.15, -0.1) is 0 Å². The summed E-state index contributed by atoms with van der Waals surface area (Å²) >= 11 is 0. The number of carbonyl (C=O) groups is 1. The Balaban J connectivity index is 2.52. The smallest absolute Gasteiger partial charge is 0.325 e. The van der Waals surface area contributed by atoms with Crippen molar-refractivity contribution in [2.24, 2.45) is 0 Å². The molecule has 0 aliphatic carbocycles. The predicted octanol–water partition coefficient (Wildman–Crippen LogP) is 3.25. The summed E-state index contributed by atoms with van der Waals surface area (Å²) in [4.78, 5) is 15.5. The van der Waals surface area contributed by atoms with Crippen LogP contribution in [-0.4, -0.2) is 22.1 Å². The van der Waals surface area contributed by atoms with Crippen molar-refractivity contribution in [2.75, 3.05) is 5.32 Å². The molecule has 4 nitrogen and oxygen atoms in total. The monoisotopic (exact) mass is 270 g/mol. The molecule has 1 unspecified atom stereocenters. The highest BCUT2D eigenvalue weighted by Crippen LogP contribution is 2.30. The van der Waals surface area contributed by atoms with E-state index in [0.29, 0.717) is 0 Å². The molecule has 2 aromatic rings. The van der Waals surface area contributed by atoms with Crippen LogP contribution in [0.5, 0.6) is 0 Å². The van der Waals surface area contributed by atoms with Gasteiger partial charge >= 0.3 is 5.97 Å². The van der Waals surface area contributed by atoms with Crippen LogP contribution in [0.1, 0.15) is 18.1 Å². The van der Waals surface area contributed by atoms with Gasteiger partial charge in [0.05, 0.1) is 11.4 Å². The second-order valence-electron chi connectivity index (χ2n) is 4.86. The van der Waals surface area contributed by atoms with Gasteiger partial charge < -0.3 is 10.4 Å². The summed E-state index contributed by atoms with van der Waals surface area (Å²) < 4.78 is 0. The summed E-state index contributed by atoms with van der Waals surface area (Å²) in [5.41, 5.74) is 4.58. The van der Waals surface area contributed by atoms with Crippen LogP contribution in [0.3, 0.4) is 0 Å². The number of rotatable bonds is 4. The molecule has 0 spiro atoms. The molecule has 20 heavy (non-hydrogen) atoms. The lowest BCUT2D eigenvalue weighted by molar-refractivity contribution is -0.137. The van der Waals surface area contributed by atoms with Crippen LogP contribution in [0.15, 0.2) is 36.5 Å². The maximum Gasteiger partial charge on any atom is 0.325 e. The fourth-order valence-electron chi connectivity index (χ4n) is 1.97. The number of carboxylic acid groups (broad SMARTS) is 1. The molecule has 1 aromatic heterocycles. The van der Waals surface area contributed by atoms with Crippen LogP contribution in [-0.2, 0) is 4.79 Å². The van der Waals surface area contributed by atoms with E-state index >= 15 is 0 Å². The van der Waals surface area contributed by atoms with Gasteiger partial charge in [0.2, 0.25) is 0 Å². The molecule has 0 aliphatic rings. The van der Waals surface area contributed by atoms with Gasteiger partial charge in [0.1, 0.15) is 6.04 Å². The summed E-state index contributed by atoms with van der Waals surface area (Å²) in [5, 5.41) is 12.1. The number of anilines is 1. The fraction of sp³-hybridized carbons (Fsp3) is 0.250. The summed E-state index contributed by atoms with van der Waals surface area (Å²) in [5.74, 6) is -0.884. The highest BCUT2D eigenvalue weighted by Gasteiger charge is 2.17. The molecule has 4 heteroatoms. The van der Waals surface area contributed by atoms with Crippen molar-refractivity contribution in [3.8, 4) is 11.3 Å². The normalized spacial score (nSPS) is 11.9. The first kappa shape index (κ1) is 14.1. The van der Waals surface area contributed by atoms with Crippen LogP contribution in [0.2, 0.25) is 0 Å². The number of carboxylic acids is 1. The van der Waals surface area contributed by atoms with Crippen molar-refractivity contribution in [2.45, 2.75) is 26.8 Å². The average Bonchev–Trinajstić information content (AvgIpc) is 2.45. The Morgan fingerprint density at radius 1 is 1.25 bits per heavy atom.